The molecule has 0 spiro atoms. The molecule has 5 aromatic carbocycles. The van der Waals surface area contributed by atoms with Gasteiger partial charge in [0.2, 0.25) is 5.88 Å². The summed E-state index contributed by atoms with van der Waals surface area (Å²) in [5, 5.41) is 55.3. The van der Waals surface area contributed by atoms with E-state index in [9.17, 15) is 62.3 Å². The van der Waals surface area contributed by atoms with Crippen LogP contribution in [0.3, 0.4) is 0 Å². The molecule has 0 aliphatic rings. The third-order valence-corrected chi connectivity index (χ3v) is 15.1. The van der Waals surface area contributed by atoms with Crippen molar-refractivity contribution in [2.75, 3.05) is 31.0 Å². The number of aromatic nitrogens is 2. The highest BCUT2D eigenvalue weighted by atomic mass is 32.2. The first kappa shape index (κ1) is 56.1. The molecule has 2 heterocycles. The molecule has 0 radical (unpaired) electrons. The summed E-state index contributed by atoms with van der Waals surface area (Å²) in [4.78, 5) is 3.70. The Hall–Kier alpha value is -7.67. The van der Waals surface area contributed by atoms with Crippen LogP contribution in [0.15, 0.2) is 147 Å². The summed E-state index contributed by atoms with van der Waals surface area (Å²) in [7, 11) is -16.8. The van der Waals surface area contributed by atoms with Crippen LogP contribution in [-0.2, 0) is 40.5 Å². The van der Waals surface area contributed by atoms with Crippen LogP contribution in [0.2, 0.25) is 0 Å². The lowest BCUT2D eigenvalue weighted by atomic mass is 10.1. The second-order valence-electron chi connectivity index (χ2n) is 16.0. The monoisotopic (exact) mass is 1140 g/mol. The fourth-order valence-corrected chi connectivity index (χ4v) is 10.2. The van der Waals surface area contributed by atoms with Crippen LogP contribution in [0.25, 0.3) is 16.7 Å². The van der Waals surface area contributed by atoms with Crippen molar-refractivity contribution < 1.29 is 66.5 Å². The van der Waals surface area contributed by atoms with Crippen molar-refractivity contribution in [3.05, 3.63) is 108 Å². The fourth-order valence-electron chi connectivity index (χ4n) is 6.98. The highest BCUT2D eigenvalue weighted by Crippen LogP contribution is 2.44. The first-order valence-corrected chi connectivity index (χ1v) is 28.8. The van der Waals surface area contributed by atoms with Crippen molar-refractivity contribution in [1.29, 1.82) is 5.26 Å². The number of aromatic hydroxyl groups is 1. The van der Waals surface area contributed by atoms with Crippen LogP contribution in [0.1, 0.15) is 29.5 Å². The van der Waals surface area contributed by atoms with Crippen molar-refractivity contribution in [1.82, 2.24) is 9.38 Å². The Balaban J connectivity index is 1.24. The Labute approximate surface area is 437 Å². The molecule has 5 N–H and O–H groups in total. The number of para-hydroxylation sites is 2. The summed E-state index contributed by atoms with van der Waals surface area (Å²) < 4.78 is 145. The van der Waals surface area contributed by atoms with Gasteiger partial charge in [0, 0.05) is 22.6 Å². The summed E-state index contributed by atoms with van der Waals surface area (Å²) >= 11 is 1.07. The normalized spacial score (nSPS) is 12.8. The van der Waals surface area contributed by atoms with Crippen LogP contribution in [0, 0.1) is 25.2 Å². The van der Waals surface area contributed by atoms with Gasteiger partial charge in [-0.15, -0.1) is 37.3 Å². The van der Waals surface area contributed by atoms with Crippen molar-refractivity contribution in [2.24, 2.45) is 40.9 Å². The number of hydrogen-bond acceptors (Lipinski definition) is 22. The van der Waals surface area contributed by atoms with Gasteiger partial charge >= 0.3 is 0 Å². The Morgan fingerprint density at radius 1 is 0.658 bits per heavy atom. The lowest BCUT2D eigenvalue weighted by Crippen LogP contribution is -2.08. The molecule has 0 unspecified atom stereocenters. The predicted octanol–water partition coefficient (Wildman–Crippen LogP) is 10.9. The van der Waals surface area contributed by atoms with E-state index >= 15 is 0 Å². The van der Waals surface area contributed by atoms with Gasteiger partial charge in [-0.3, -0.25) is 22.6 Å². The first-order valence-electron chi connectivity index (χ1n) is 21.7. The van der Waals surface area contributed by atoms with Crippen molar-refractivity contribution in [2.45, 2.75) is 41.4 Å². The van der Waals surface area contributed by atoms with Gasteiger partial charge in [-0.25, -0.2) is 4.98 Å². The predicted molar refractivity (Wildman–Crippen MR) is 275 cm³/mol. The van der Waals surface area contributed by atoms with E-state index in [0.29, 0.717) is 21.5 Å². The minimum absolute atomic E-state index is 0.00650. The lowest BCUT2D eigenvalue weighted by Gasteiger charge is -2.12. The summed E-state index contributed by atoms with van der Waals surface area (Å²) in [5.41, 5.74) is 2.08. The zero-order chi connectivity index (χ0) is 55.2. The number of nitriles is 1. The van der Waals surface area contributed by atoms with Crippen molar-refractivity contribution in [3.63, 3.8) is 0 Å². The van der Waals surface area contributed by atoms with Crippen LogP contribution in [0.4, 0.5) is 45.5 Å². The van der Waals surface area contributed by atoms with Gasteiger partial charge < -0.3 is 14.6 Å². The van der Waals surface area contributed by atoms with Crippen molar-refractivity contribution in [3.8, 4) is 23.4 Å². The van der Waals surface area contributed by atoms with E-state index in [0.717, 1.165) is 30.0 Å². The van der Waals surface area contributed by atoms with E-state index < -0.39 is 61.8 Å². The van der Waals surface area contributed by atoms with Crippen LogP contribution >= 0.6 is 11.8 Å². The van der Waals surface area contributed by atoms with Gasteiger partial charge in [0.15, 0.2) is 11.3 Å². The molecule has 0 saturated carbocycles. The highest BCUT2D eigenvalue weighted by Gasteiger charge is 2.22. The molecule has 0 fully saturated rings. The molecule has 0 atom stereocenters. The number of hydrogen-bond donors (Lipinski definition) is 5. The second-order valence-corrected chi connectivity index (χ2v) is 23.1. The Morgan fingerprint density at radius 2 is 1.26 bits per heavy atom. The summed E-state index contributed by atoms with van der Waals surface area (Å²) in [6.45, 7) is 2.97. The molecule has 0 aliphatic carbocycles. The molecule has 396 valence electrons. The van der Waals surface area contributed by atoms with Gasteiger partial charge in [0.05, 0.1) is 58.2 Å². The number of nitrogens with zero attached hydrogens (tertiary/aromatic N) is 11. The topological polar surface area (TPSA) is 396 Å². The number of rotatable bonds is 21. The fraction of sp³-hybridized carbons (Fsp3) is 0.200. The number of aryl methyl sites for hydroxylation is 1. The van der Waals surface area contributed by atoms with Crippen molar-refractivity contribution >= 4 is 114 Å². The molecule has 76 heavy (non-hydrogen) atoms. The van der Waals surface area contributed by atoms with Crippen LogP contribution in [0.5, 0.6) is 17.4 Å². The average molecular weight is 1140 g/mol. The van der Waals surface area contributed by atoms with E-state index in [1.165, 1.54) is 60.0 Å². The number of fused-ring (bicyclic) bond motifs is 3. The Kier molecular flexibility index (Phi) is 17.0. The SMILES string of the molecule is COc1cc(N=Nc2cc(OCCCS(=O)(=O)O)c(N=Nc3c(C)c(C#N)c4nc5ccccc5n4c3O)cc2C)c(SCCCS(=O)(=O)O)cc1N=Nc1ccc(N=Nc2ccc(S(=O)(=O)O)cc2)cc1S(=O)(=O)O. The van der Waals surface area contributed by atoms with E-state index in [4.69, 9.17) is 9.47 Å². The number of methoxy groups -OCH3 is 1. The minimum Gasteiger partial charge on any atom is -0.494 e. The number of ether oxygens (including phenoxy) is 2. The molecule has 0 bridgehead atoms. The molecule has 7 rings (SSSR count). The zero-order valence-corrected chi connectivity index (χ0v) is 43.8. The molecular formula is C45H41N11O15S5. The summed E-state index contributed by atoms with van der Waals surface area (Å²) in [5.74, 6) is -1.43. The van der Waals surface area contributed by atoms with Crippen LogP contribution in [-0.4, -0.2) is 97.3 Å². The smallest absolute Gasteiger partial charge is 0.296 e. The largest absolute Gasteiger partial charge is 0.494 e. The summed E-state index contributed by atoms with van der Waals surface area (Å²) in [6.07, 6.45) is -0.164. The Bertz CT molecular complexity index is 4050. The van der Waals surface area contributed by atoms with E-state index in [-0.39, 0.29) is 105 Å². The molecular weight excluding hydrogens is 1090 g/mol. The lowest BCUT2D eigenvalue weighted by molar-refractivity contribution is 0.317. The van der Waals surface area contributed by atoms with Crippen LogP contribution < -0.4 is 9.47 Å². The number of benzene rings is 5. The molecule has 2 aromatic heterocycles. The molecule has 26 nitrogen and oxygen atoms in total. The molecule has 0 saturated heterocycles. The molecule has 31 heteroatoms. The van der Waals surface area contributed by atoms with Gasteiger partial charge in [0.1, 0.15) is 50.8 Å². The van der Waals surface area contributed by atoms with Gasteiger partial charge in [-0.05, 0) is 105 Å². The first-order chi connectivity index (χ1) is 35.8. The van der Waals surface area contributed by atoms with E-state index in [1.807, 2.05) is 0 Å². The van der Waals surface area contributed by atoms with E-state index in [2.05, 4.69) is 52.0 Å². The number of pyridine rings is 1. The Morgan fingerprint density at radius 3 is 1.93 bits per heavy atom. The average Bonchev–Trinajstić information content (AvgIpc) is 3.74. The number of azo groups is 4. The van der Waals surface area contributed by atoms with E-state index in [1.54, 1.807) is 38.1 Å². The highest BCUT2D eigenvalue weighted by molar-refractivity contribution is 7.99. The molecule has 0 amide bonds. The molecule has 7 aromatic rings. The maximum Gasteiger partial charge on any atom is 0.296 e. The van der Waals surface area contributed by atoms with Gasteiger partial charge in [-0.2, -0.15) is 54.3 Å². The maximum absolute atomic E-state index is 12.5. The zero-order valence-electron chi connectivity index (χ0n) is 39.7. The van der Waals surface area contributed by atoms with Gasteiger partial charge in [0.25, 0.3) is 40.5 Å². The maximum atomic E-state index is 12.5. The number of thioether (sulfide) groups is 1. The van der Waals surface area contributed by atoms with Gasteiger partial charge in [-0.1, -0.05) is 12.1 Å². The third-order valence-electron chi connectivity index (χ3n) is 10.6. The molecule has 0 aliphatic heterocycles. The second kappa shape index (κ2) is 23.1. The number of imidazole rings is 1. The third kappa shape index (κ3) is 14.0. The standard InChI is InChI=1S/C45H41N11O15S5/c1-26-20-35(53-55-43-27(2)31(25-46)44-47-32-8-4-5-9-38(32)56(44)45(43)57)40(71-16-6-18-73(58,59)60)22-34(26)51-54-37-23-39(70-3)36(24-41(37)72-17-7-19-74(61,62)63)52-50-33-15-12-29(21-42(33)76(67,68)69)49-48-28-10-13-30(14-11-28)75(64,65)66/h4-5,8-15,20-24,57H,6-7,16-19H2,1-3H3,(H,58,59,60)(H,61,62,63)(H,64,65,66)(H,67,68,69). The summed E-state index contributed by atoms with van der Waals surface area (Å²) in [6, 6.07) is 22.8. The quantitative estimate of drug-likeness (QED) is 0.0193. The minimum atomic E-state index is -4.97.